The third-order valence-corrected chi connectivity index (χ3v) is 3.91. The van der Waals surface area contributed by atoms with Crippen molar-refractivity contribution in [3.05, 3.63) is 47.5 Å². The van der Waals surface area contributed by atoms with E-state index in [1.165, 1.54) is 0 Å². The van der Waals surface area contributed by atoms with Gasteiger partial charge in [-0.2, -0.15) is 5.10 Å². The molecule has 1 aliphatic rings. The van der Waals surface area contributed by atoms with E-state index in [9.17, 15) is 4.79 Å². The minimum atomic E-state index is -0.0194. The van der Waals surface area contributed by atoms with Gasteiger partial charge in [-0.05, 0) is 24.6 Å². The van der Waals surface area contributed by atoms with E-state index in [-0.39, 0.29) is 11.9 Å². The van der Waals surface area contributed by atoms with Crippen LogP contribution in [0, 0.1) is 6.92 Å². The van der Waals surface area contributed by atoms with Crippen molar-refractivity contribution >= 4 is 5.91 Å². The van der Waals surface area contributed by atoms with Gasteiger partial charge in [-0.1, -0.05) is 6.07 Å². The van der Waals surface area contributed by atoms with E-state index in [2.05, 4.69) is 15.4 Å². The average Bonchev–Trinajstić information content (AvgIpc) is 2.87. The number of piperazine rings is 1. The maximum atomic E-state index is 12.8. The smallest absolute Gasteiger partial charge is 0.274 e. The van der Waals surface area contributed by atoms with Gasteiger partial charge in [0.2, 0.25) is 0 Å². The van der Waals surface area contributed by atoms with Gasteiger partial charge in [-0.25, -0.2) is 0 Å². The molecule has 0 radical (unpaired) electrons. The summed E-state index contributed by atoms with van der Waals surface area (Å²) in [5.41, 5.74) is 2.53. The van der Waals surface area contributed by atoms with Crippen molar-refractivity contribution in [2.45, 2.75) is 13.0 Å². The first-order valence-electron chi connectivity index (χ1n) is 7.09. The standard InChI is InChI=1S/C15H19N5O/c1-11-8-13(18-19(11)2)15(21)20-7-6-17-10-14(20)12-4-3-5-16-9-12/h3-5,8-9,14,17H,6-7,10H2,1-2H3. The minimum absolute atomic E-state index is 0.00209. The van der Waals surface area contributed by atoms with E-state index in [1.54, 1.807) is 10.9 Å². The molecule has 1 N–H and O–H groups in total. The van der Waals surface area contributed by atoms with Gasteiger partial charge in [0, 0.05) is 44.8 Å². The molecule has 0 saturated carbocycles. The summed E-state index contributed by atoms with van der Waals surface area (Å²) in [7, 11) is 1.85. The van der Waals surface area contributed by atoms with Crippen LogP contribution in [-0.2, 0) is 7.05 Å². The van der Waals surface area contributed by atoms with Crippen LogP contribution in [-0.4, -0.2) is 45.2 Å². The first kappa shape index (κ1) is 13.8. The Bertz CT molecular complexity index is 617. The normalized spacial score (nSPS) is 18.8. The van der Waals surface area contributed by atoms with Crippen LogP contribution in [0.1, 0.15) is 27.8 Å². The molecule has 1 fully saturated rings. The van der Waals surface area contributed by atoms with Crippen molar-refractivity contribution in [3.8, 4) is 0 Å². The van der Waals surface area contributed by atoms with Crippen LogP contribution >= 0.6 is 0 Å². The zero-order chi connectivity index (χ0) is 14.8. The molecule has 0 bridgehead atoms. The predicted octanol–water partition coefficient (Wildman–Crippen LogP) is 0.910. The van der Waals surface area contributed by atoms with Gasteiger partial charge in [0.15, 0.2) is 5.69 Å². The highest BCUT2D eigenvalue weighted by atomic mass is 16.2. The van der Waals surface area contributed by atoms with Crippen LogP contribution < -0.4 is 5.32 Å². The number of amides is 1. The van der Waals surface area contributed by atoms with Crippen LogP contribution in [0.3, 0.4) is 0 Å². The quantitative estimate of drug-likeness (QED) is 0.891. The summed E-state index contributed by atoms with van der Waals surface area (Å²) in [6, 6.07) is 5.75. The Morgan fingerprint density at radius 1 is 1.48 bits per heavy atom. The Kier molecular flexibility index (Phi) is 3.70. The van der Waals surface area contributed by atoms with E-state index in [0.717, 1.165) is 24.3 Å². The number of nitrogens with zero attached hydrogens (tertiary/aromatic N) is 4. The summed E-state index contributed by atoms with van der Waals surface area (Å²) in [4.78, 5) is 18.8. The summed E-state index contributed by atoms with van der Waals surface area (Å²) >= 11 is 0. The molecule has 0 aliphatic carbocycles. The van der Waals surface area contributed by atoms with Crippen LogP contribution in [0.15, 0.2) is 30.6 Å². The highest BCUT2D eigenvalue weighted by Gasteiger charge is 2.30. The molecular weight excluding hydrogens is 266 g/mol. The number of rotatable bonds is 2. The van der Waals surface area contributed by atoms with Gasteiger partial charge < -0.3 is 10.2 Å². The van der Waals surface area contributed by atoms with Gasteiger partial charge in [-0.3, -0.25) is 14.5 Å². The molecule has 1 saturated heterocycles. The molecule has 110 valence electrons. The van der Waals surface area contributed by atoms with E-state index < -0.39 is 0 Å². The lowest BCUT2D eigenvalue weighted by molar-refractivity contribution is 0.0627. The summed E-state index contributed by atoms with van der Waals surface area (Å²) in [6.07, 6.45) is 3.57. The summed E-state index contributed by atoms with van der Waals surface area (Å²) in [5.74, 6) is -0.0194. The van der Waals surface area contributed by atoms with Crippen molar-refractivity contribution in [1.29, 1.82) is 0 Å². The number of hydrogen-bond donors (Lipinski definition) is 1. The second-order valence-corrected chi connectivity index (χ2v) is 5.30. The molecule has 3 rings (SSSR count). The largest absolute Gasteiger partial charge is 0.328 e. The lowest BCUT2D eigenvalue weighted by Gasteiger charge is -2.36. The number of aryl methyl sites for hydroxylation is 2. The topological polar surface area (TPSA) is 63.1 Å². The Hall–Kier alpha value is -2.21. The number of aromatic nitrogens is 3. The summed E-state index contributed by atoms with van der Waals surface area (Å²) in [6.45, 7) is 4.16. The van der Waals surface area contributed by atoms with Gasteiger partial charge >= 0.3 is 0 Å². The van der Waals surface area contributed by atoms with E-state index in [4.69, 9.17) is 0 Å². The van der Waals surface area contributed by atoms with E-state index >= 15 is 0 Å². The minimum Gasteiger partial charge on any atom is -0.328 e. The average molecular weight is 285 g/mol. The highest BCUT2D eigenvalue weighted by molar-refractivity contribution is 5.92. The molecule has 1 unspecified atom stereocenters. The number of hydrogen-bond acceptors (Lipinski definition) is 4. The SMILES string of the molecule is Cc1cc(C(=O)N2CCNCC2c2cccnc2)nn1C. The Morgan fingerprint density at radius 2 is 2.33 bits per heavy atom. The molecule has 21 heavy (non-hydrogen) atoms. The van der Waals surface area contributed by atoms with Crippen molar-refractivity contribution in [2.24, 2.45) is 7.05 Å². The fourth-order valence-electron chi connectivity index (χ4n) is 2.63. The first-order valence-corrected chi connectivity index (χ1v) is 7.09. The maximum Gasteiger partial charge on any atom is 0.274 e. The summed E-state index contributed by atoms with van der Waals surface area (Å²) in [5, 5.41) is 7.64. The van der Waals surface area contributed by atoms with Crippen molar-refractivity contribution in [1.82, 2.24) is 25.0 Å². The number of carbonyl (C=O) groups excluding carboxylic acids is 1. The lowest BCUT2D eigenvalue weighted by atomic mass is 10.0. The Labute approximate surface area is 123 Å². The molecule has 6 heteroatoms. The van der Waals surface area contributed by atoms with Crippen LogP contribution in [0.5, 0.6) is 0 Å². The fourth-order valence-corrected chi connectivity index (χ4v) is 2.63. The van der Waals surface area contributed by atoms with Crippen molar-refractivity contribution in [2.75, 3.05) is 19.6 Å². The summed E-state index contributed by atoms with van der Waals surface area (Å²) < 4.78 is 1.73. The molecule has 0 aromatic carbocycles. The zero-order valence-electron chi connectivity index (χ0n) is 12.3. The predicted molar refractivity (Wildman–Crippen MR) is 78.8 cm³/mol. The second-order valence-electron chi connectivity index (χ2n) is 5.30. The van der Waals surface area contributed by atoms with Crippen molar-refractivity contribution in [3.63, 3.8) is 0 Å². The number of carbonyl (C=O) groups is 1. The third kappa shape index (κ3) is 2.67. The molecular formula is C15H19N5O. The molecule has 2 aromatic rings. The molecule has 1 aliphatic heterocycles. The van der Waals surface area contributed by atoms with Crippen LogP contribution in [0.4, 0.5) is 0 Å². The monoisotopic (exact) mass is 285 g/mol. The molecule has 0 spiro atoms. The number of nitrogens with one attached hydrogen (secondary N) is 1. The van der Waals surface area contributed by atoms with Gasteiger partial charge in [0.25, 0.3) is 5.91 Å². The fraction of sp³-hybridized carbons (Fsp3) is 0.400. The Balaban J connectivity index is 1.89. The Morgan fingerprint density at radius 3 is 3.00 bits per heavy atom. The first-order chi connectivity index (χ1) is 10.2. The number of pyridine rings is 1. The van der Waals surface area contributed by atoms with E-state index in [0.29, 0.717) is 12.2 Å². The maximum absolute atomic E-state index is 12.8. The van der Waals surface area contributed by atoms with E-state index in [1.807, 2.05) is 43.3 Å². The second kappa shape index (κ2) is 5.65. The molecule has 1 atom stereocenters. The van der Waals surface area contributed by atoms with Gasteiger partial charge in [0.1, 0.15) is 0 Å². The highest BCUT2D eigenvalue weighted by Crippen LogP contribution is 2.23. The van der Waals surface area contributed by atoms with Gasteiger partial charge in [-0.15, -0.1) is 0 Å². The molecule has 3 heterocycles. The molecule has 2 aromatic heterocycles. The molecule has 1 amide bonds. The molecule has 6 nitrogen and oxygen atoms in total. The van der Waals surface area contributed by atoms with Gasteiger partial charge in [0.05, 0.1) is 6.04 Å². The zero-order valence-corrected chi connectivity index (χ0v) is 12.3. The van der Waals surface area contributed by atoms with Crippen LogP contribution in [0.2, 0.25) is 0 Å². The van der Waals surface area contributed by atoms with Crippen molar-refractivity contribution < 1.29 is 4.79 Å². The lowest BCUT2D eigenvalue weighted by Crippen LogP contribution is -2.48. The third-order valence-electron chi connectivity index (χ3n) is 3.91. The van der Waals surface area contributed by atoms with Crippen LogP contribution in [0.25, 0.3) is 0 Å².